The van der Waals surface area contributed by atoms with Crippen LogP contribution in [-0.4, -0.2) is 113 Å². The lowest BCUT2D eigenvalue weighted by molar-refractivity contribution is -0.310. The van der Waals surface area contributed by atoms with E-state index in [0.29, 0.717) is 25.4 Å². The van der Waals surface area contributed by atoms with Gasteiger partial charge in [-0.1, -0.05) is 56.9 Å². The largest absolute Gasteiger partial charge is 0.477 e. The zero-order valence-corrected chi connectivity index (χ0v) is 25.3. The van der Waals surface area contributed by atoms with Gasteiger partial charge in [-0.15, -0.1) is 6.42 Å². The van der Waals surface area contributed by atoms with Crippen molar-refractivity contribution >= 4 is 17.8 Å². The van der Waals surface area contributed by atoms with E-state index in [1.807, 2.05) is 24.3 Å². The Labute approximate surface area is 257 Å². The zero-order chi connectivity index (χ0) is 32.7. The van der Waals surface area contributed by atoms with Gasteiger partial charge in [0.2, 0.25) is 11.8 Å². The van der Waals surface area contributed by atoms with Crippen LogP contribution in [0.4, 0.5) is 0 Å². The van der Waals surface area contributed by atoms with Crippen molar-refractivity contribution < 1.29 is 54.1 Å². The normalized spacial score (nSPS) is 23.0. The fourth-order valence-corrected chi connectivity index (χ4v) is 4.80. The zero-order valence-electron chi connectivity index (χ0n) is 25.3. The first kappa shape index (κ1) is 37.1. The molecule has 0 aliphatic carbocycles. The van der Waals surface area contributed by atoms with Gasteiger partial charge in [0.1, 0.15) is 25.4 Å². The Morgan fingerprint density at radius 1 is 1.09 bits per heavy atom. The quantitative estimate of drug-likeness (QED) is 0.0797. The summed E-state index contributed by atoms with van der Waals surface area (Å²) in [5.74, 6) is -2.62. The lowest BCUT2D eigenvalue weighted by atomic mass is 9.88. The molecule has 7 N–H and O–H groups in total. The smallest absolute Gasteiger partial charge is 0.364 e. The molecule has 0 bridgehead atoms. The number of carbonyl (C=O) groups excluding carboxylic acids is 2. The molecule has 2 rings (SSSR count). The summed E-state index contributed by atoms with van der Waals surface area (Å²) in [5, 5.41) is 56.7. The molecule has 246 valence electrons. The van der Waals surface area contributed by atoms with Gasteiger partial charge in [0.25, 0.3) is 5.79 Å². The molecule has 1 aliphatic heterocycles. The van der Waals surface area contributed by atoms with Crippen LogP contribution in [0.5, 0.6) is 0 Å². The maximum absolute atomic E-state index is 12.5. The second kappa shape index (κ2) is 18.7. The fraction of sp³-hybridized carbons (Fsp3) is 0.645. The van der Waals surface area contributed by atoms with Crippen molar-refractivity contribution in [3.63, 3.8) is 0 Å². The molecule has 2 amide bonds. The number of aliphatic carboxylic acids is 1. The Balaban J connectivity index is 2.05. The number of rotatable bonds is 19. The number of carboxylic acid groups (broad SMARTS) is 1. The molecular formula is C31H46N2O11. The van der Waals surface area contributed by atoms with Gasteiger partial charge < -0.3 is 50.4 Å². The lowest BCUT2D eigenvalue weighted by Crippen LogP contribution is -2.68. The van der Waals surface area contributed by atoms with Crippen molar-refractivity contribution in [2.45, 2.75) is 94.5 Å². The molecule has 0 aromatic heterocycles. The van der Waals surface area contributed by atoms with Crippen molar-refractivity contribution in [3.05, 3.63) is 35.4 Å². The van der Waals surface area contributed by atoms with Crippen LogP contribution in [0.3, 0.4) is 0 Å². The van der Waals surface area contributed by atoms with E-state index < -0.39 is 73.6 Å². The van der Waals surface area contributed by atoms with E-state index in [2.05, 4.69) is 30.4 Å². The molecule has 13 heteroatoms. The molecule has 1 saturated heterocycles. The van der Waals surface area contributed by atoms with Crippen LogP contribution in [0.15, 0.2) is 24.3 Å². The Morgan fingerprint density at radius 3 is 2.34 bits per heavy atom. The number of terminal acetylenes is 1. The first-order valence-electron chi connectivity index (χ1n) is 14.8. The van der Waals surface area contributed by atoms with Crippen LogP contribution in [0.25, 0.3) is 0 Å². The number of hydrogen-bond donors (Lipinski definition) is 7. The number of carbonyl (C=O) groups is 3. The molecule has 13 nitrogen and oxygen atoms in total. The van der Waals surface area contributed by atoms with Gasteiger partial charge in [0.15, 0.2) is 0 Å². The molecule has 1 aromatic carbocycles. The molecule has 0 spiro atoms. The molecular weight excluding hydrogens is 576 g/mol. The van der Waals surface area contributed by atoms with Gasteiger partial charge in [0, 0.05) is 19.6 Å². The predicted molar refractivity (Wildman–Crippen MR) is 158 cm³/mol. The topological polar surface area (TPSA) is 204 Å². The SMILES string of the molecule is C#CCOCCCCCCO[C@]1(C(=O)O)C[C@H](O)[C@@H](NC(=O)CO)[C@H]([C@H](O)[C@H](O)CNC(=O)Cc2ccc(C(C)C)cc2)O1. The number of unbranched alkanes of at least 4 members (excludes halogenated alkanes) is 3. The minimum atomic E-state index is -2.40. The maximum atomic E-state index is 12.5. The van der Waals surface area contributed by atoms with Crippen molar-refractivity contribution in [2.24, 2.45) is 0 Å². The average Bonchev–Trinajstić information content (AvgIpc) is 2.99. The molecule has 0 saturated carbocycles. The van der Waals surface area contributed by atoms with Gasteiger partial charge in [-0.3, -0.25) is 9.59 Å². The van der Waals surface area contributed by atoms with Gasteiger partial charge in [0.05, 0.1) is 31.3 Å². The molecule has 44 heavy (non-hydrogen) atoms. The highest BCUT2D eigenvalue weighted by Crippen LogP contribution is 2.34. The summed E-state index contributed by atoms with van der Waals surface area (Å²) in [7, 11) is 0. The number of aliphatic hydroxyl groups excluding tert-OH is 4. The summed E-state index contributed by atoms with van der Waals surface area (Å²) in [6.07, 6.45) is 0.340. The van der Waals surface area contributed by atoms with E-state index in [1.165, 1.54) is 0 Å². The van der Waals surface area contributed by atoms with Crippen LogP contribution >= 0.6 is 0 Å². The highest BCUT2D eigenvalue weighted by atomic mass is 16.7. The minimum Gasteiger partial charge on any atom is -0.477 e. The molecule has 1 aliphatic rings. The summed E-state index contributed by atoms with van der Waals surface area (Å²) >= 11 is 0. The van der Waals surface area contributed by atoms with E-state index in [-0.39, 0.29) is 19.6 Å². The minimum absolute atomic E-state index is 0.0168. The van der Waals surface area contributed by atoms with Crippen LogP contribution < -0.4 is 10.6 Å². The van der Waals surface area contributed by atoms with Gasteiger partial charge in [-0.05, 0) is 29.9 Å². The summed E-state index contributed by atoms with van der Waals surface area (Å²) in [5.41, 5.74) is 1.86. The van der Waals surface area contributed by atoms with E-state index in [1.54, 1.807) is 0 Å². The van der Waals surface area contributed by atoms with E-state index >= 15 is 0 Å². The second-order valence-electron chi connectivity index (χ2n) is 11.1. The van der Waals surface area contributed by atoms with E-state index in [9.17, 15) is 39.9 Å². The number of nitrogens with one attached hydrogen (secondary N) is 2. The third-order valence-electron chi connectivity index (χ3n) is 7.32. The van der Waals surface area contributed by atoms with Gasteiger partial charge in [-0.25, -0.2) is 4.79 Å². The molecule has 6 atom stereocenters. The fourth-order valence-electron chi connectivity index (χ4n) is 4.80. The van der Waals surface area contributed by atoms with Crippen molar-refractivity contribution in [1.82, 2.24) is 10.6 Å². The first-order chi connectivity index (χ1) is 20.9. The number of amides is 2. The Bertz CT molecular complexity index is 1090. The summed E-state index contributed by atoms with van der Waals surface area (Å²) in [6, 6.07) is 6.09. The first-order valence-corrected chi connectivity index (χ1v) is 14.8. The van der Waals surface area contributed by atoms with Crippen LogP contribution in [-0.2, 0) is 35.0 Å². The van der Waals surface area contributed by atoms with Gasteiger partial charge >= 0.3 is 5.97 Å². The van der Waals surface area contributed by atoms with Crippen LogP contribution in [0.1, 0.15) is 63.0 Å². The van der Waals surface area contributed by atoms with Crippen molar-refractivity contribution in [2.75, 3.05) is 33.0 Å². The van der Waals surface area contributed by atoms with Crippen molar-refractivity contribution in [1.29, 1.82) is 0 Å². The molecule has 1 heterocycles. The number of carboxylic acids is 1. The van der Waals surface area contributed by atoms with Crippen LogP contribution in [0, 0.1) is 12.3 Å². The number of ether oxygens (including phenoxy) is 3. The molecule has 1 fully saturated rings. The highest BCUT2D eigenvalue weighted by molar-refractivity contribution is 5.79. The molecule has 0 radical (unpaired) electrons. The summed E-state index contributed by atoms with van der Waals surface area (Å²) in [4.78, 5) is 36.8. The molecule has 0 unspecified atom stereocenters. The standard InChI is InChI=1S/C31H46N2O11/c1-4-13-42-14-7-5-6-8-15-43-31(30(40)41)17-23(35)27(33-26(38)19-34)29(44-31)28(39)24(36)18-32-25(37)16-21-9-11-22(12-10-21)20(2)3/h1,9-12,20,23-24,27-29,34-36,39H,5-8,13-19H2,2-3H3,(H,32,37)(H,33,38)(H,40,41)/t23-,24+,27+,28+,29+,31+/m0/s1. The highest BCUT2D eigenvalue weighted by Gasteiger charge is 2.55. The maximum Gasteiger partial charge on any atom is 0.364 e. The Kier molecular flexibility index (Phi) is 15.7. The Hall–Kier alpha value is -3.09. The Morgan fingerprint density at radius 2 is 1.75 bits per heavy atom. The lowest BCUT2D eigenvalue weighted by Gasteiger charge is -2.46. The van der Waals surface area contributed by atoms with E-state index in [0.717, 1.165) is 24.0 Å². The predicted octanol–water partition coefficient (Wildman–Crippen LogP) is -0.175. The summed E-state index contributed by atoms with van der Waals surface area (Å²) < 4.78 is 16.5. The van der Waals surface area contributed by atoms with Crippen LogP contribution in [0.2, 0.25) is 0 Å². The summed E-state index contributed by atoms with van der Waals surface area (Å²) in [6.45, 7) is 3.39. The monoisotopic (exact) mass is 622 g/mol. The average molecular weight is 623 g/mol. The van der Waals surface area contributed by atoms with Gasteiger partial charge in [-0.2, -0.15) is 0 Å². The number of benzene rings is 1. The third-order valence-corrected chi connectivity index (χ3v) is 7.32. The molecule has 1 aromatic rings. The number of aliphatic hydroxyl groups is 4. The van der Waals surface area contributed by atoms with Crippen molar-refractivity contribution in [3.8, 4) is 12.3 Å². The second-order valence-corrected chi connectivity index (χ2v) is 11.1. The number of hydrogen-bond acceptors (Lipinski definition) is 10. The third kappa shape index (κ3) is 11.4. The van der Waals surface area contributed by atoms with E-state index in [4.69, 9.17) is 20.6 Å².